The van der Waals surface area contributed by atoms with Gasteiger partial charge in [-0.2, -0.15) is 0 Å². The first kappa shape index (κ1) is 15.6. The Kier molecular flexibility index (Phi) is 6.67. The van der Waals surface area contributed by atoms with Crippen molar-refractivity contribution in [3.63, 3.8) is 0 Å². The predicted molar refractivity (Wildman–Crippen MR) is 79.6 cm³/mol. The van der Waals surface area contributed by atoms with Crippen LogP contribution in [-0.4, -0.2) is 23.2 Å². The van der Waals surface area contributed by atoms with Crippen LogP contribution in [0.15, 0.2) is 36.7 Å². The van der Waals surface area contributed by atoms with E-state index < -0.39 is 0 Å². The largest absolute Gasteiger partial charge is 0.494 e. The van der Waals surface area contributed by atoms with Crippen molar-refractivity contribution in [1.29, 1.82) is 0 Å². The summed E-state index contributed by atoms with van der Waals surface area (Å²) in [5, 5.41) is 0. The SMILES string of the molecule is CCOc1ccnc(N)c1.CCOc1ccnc(N)c1. The first-order valence-corrected chi connectivity index (χ1v) is 6.34. The molecule has 6 nitrogen and oxygen atoms in total. The minimum atomic E-state index is 0.492. The minimum Gasteiger partial charge on any atom is -0.494 e. The zero-order chi connectivity index (χ0) is 14.8. The number of hydrogen-bond acceptors (Lipinski definition) is 6. The Bertz CT molecular complexity index is 473. The summed E-state index contributed by atoms with van der Waals surface area (Å²) in [6, 6.07) is 6.95. The van der Waals surface area contributed by atoms with Crippen molar-refractivity contribution in [3.8, 4) is 11.5 Å². The van der Waals surface area contributed by atoms with E-state index in [1.165, 1.54) is 0 Å². The lowest BCUT2D eigenvalue weighted by Crippen LogP contribution is -1.94. The molecule has 0 saturated carbocycles. The van der Waals surface area contributed by atoms with E-state index in [0.29, 0.717) is 24.8 Å². The second-order valence-corrected chi connectivity index (χ2v) is 3.70. The fourth-order valence-electron chi connectivity index (χ4n) is 1.37. The van der Waals surface area contributed by atoms with Crippen molar-refractivity contribution < 1.29 is 9.47 Å². The lowest BCUT2D eigenvalue weighted by molar-refractivity contribution is 0.340. The van der Waals surface area contributed by atoms with E-state index in [2.05, 4.69) is 9.97 Å². The quantitative estimate of drug-likeness (QED) is 0.888. The van der Waals surface area contributed by atoms with Crippen LogP contribution in [0.4, 0.5) is 11.6 Å². The van der Waals surface area contributed by atoms with Gasteiger partial charge in [0.05, 0.1) is 13.2 Å². The molecule has 0 spiro atoms. The molecule has 0 aliphatic rings. The normalized spacial score (nSPS) is 9.30. The molecule has 4 N–H and O–H groups in total. The highest BCUT2D eigenvalue weighted by molar-refractivity contribution is 5.36. The van der Waals surface area contributed by atoms with Crippen LogP contribution in [0.5, 0.6) is 11.5 Å². The molecule has 2 aromatic rings. The Morgan fingerprint density at radius 2 is 1.25 bits per heavy atom. The molecular formula is C14H20N4O2. The molecule has 0 aliphatic carbocycles. The van der Waals surface area contributed by atoms with Gasteiger partial charge in [-0.25, -0.2) is 9.97 Å². The fourth-order valence-corrected chi connectivity index (χ4v) is 1.37. The Labute approximate surface area is 118 Å². The molecule has 0 bridgehead atoms. The molecule has 0 unspecified atom stereocenters. The smallest absolute Gasteiger partial charge is 0.126 e. The minimum absolute atomic E-state index is 0.492. The number of ether oxygens (including phenoxy) is 2. The van der Waals surface area contributed by atoms with Crippen LogP contribution in [-0.2, 0) is 0 Å². The summed E-state index contributed by atoms with van der Waals surface area (Å²) in [4.78, 5) is 7.64. The summed E-state index contributed by atoms with van der Waals surface area (Å²) in [6.45, 7) is 5.17. The van der Waals surface area contributed by atoms with Crippen LogP contribution in [0, 0.1) is 0 Å². The van der Waals surface area contributed by atoms with Crippen LogP contribution in [0.25, 0.3) is 0 Å². The van der Waals surface area contributed by atoms with Crippen molar-refractivity contribution >= 4 is 11.6 Å². The lowest BCUT2D eigenvalue weighted by atomic mass is 10.4. The molecule has 20 heavy (non-hydrogen) atoms. The Morgan fingerprint density at radius 3 is 1.55 bits per heavy atom. The summed E-state index contributed by atoms with van der Waals surface area (Å²) in [5.74, 6) is 2.53. The maximum atomic E-state index is 5.40. The first-order chi connectivity index (χ1) is 9.65. The highest BCUT2D eigenvalue weighted by atomic mass is 16.5. The van der Waals surface area contributed by atoms with Gasteiger partial charge in [0.1, 0.15) is 23.1 Å². The molecule has 0 aliphatic heterocycles. The third-order valence-corrected chi connectivity index (χ3v) is 2.13. The molecule has 0 fully saturated rings. The third-order valence-electron chi connectivity index (χ3n) is 2.13. The number of nitrogens with zero attached hydrogens (tertiary/aromatic N) is 2. The molecule has 0 atom stereocenters. The lowest BCUT2D eigenvalue weighted by Gasteiger charge is -2.01. The molecule has 2 rings (SSSR count). The zero-order valence-electron chi connectivity index (χ0n) is 11.7. The number of rotatable bonds is 4. The topological polar surface area (TPSA) is 96.3 Å². The van der Waals surface area contributed by atoms with Gasteiger partial charge >= 0.3 is 0 Å². The second kappa shape index (κ2) is 8.58. The molecule has 0 amide bonds. The Hall–Kier alpha value is -2.50. The molecule has 2 heterocycles. The van der Waals surface area contributed by atoms with E-state index in [1.807, 2.05) is 13.8 Å². The average molecular weight is 276 g/mol. The van der Waals surface area contributed by atoms with Crippen LogP contribution < -0.4 is 20.9 Å². The highest BCUT2D eigenvalue weighted by Gasteiger charge is 1.91. The van der Waals surface area contributed by atoms with Crippen LogP contribution in [0.3, 0.4) is 0 Å². The number of anilines is 2. The van der Waals surface area contributed by atoms with E-state index in [0.717, 1.165) is 11.5 Å². The van der Waals surface area contributed by atoms with E-state index >= 15 is 0 Å². The number of aromatic nitrogens is 2. The molecule has 0 aromatic carbocycles. The summed E-state index contributed by atoms with van der Waals surface area (Å²) in [6.07, 6.45) is 3.25. The van der Waals surface area contributed by atoms with Crippen molar-refractivity contribution in [3.05, 3.63) is 36.7 Å². The maximum Gasteiger partial charge on any atom is 0.126 e. The number of nitrogens with two attached hydrogens (primary N) is 2. The van der Waals surface area contributed by atoms with Gasteiger partial charge in [0.25, 0.3) is 0 Å². The number of pyridine rings is 2. The van der Waals surface area contributed by atoms with Gasteiger partial charge in [-0.05, 0) is 26.0 Å². The van der Waals surface area contributed by atoms with Crippen LogP contribution in [0.2, 0.25) is 0 Å². The van der Waals surface area contributed by atoms with Crippen molar-refractivity contribution in [1.82, 2.24) is 9.97 Å². The van der Waals surface area contributed by atoms with E-state index in [-0.39, 0.29) is 0 Å². The number of nitrogen functional groups attached to an aromatic ring is 2. The summed E-state index contributed by atoms with van der Waals surface area (Å²) in [5.41, 5.74) is 10.8. The third kappa shape index (κ3) is 5.90. The monoisotopic (exact) mass is 276 g/mol. The summed E-state index contributed by atoms with van der Waals surface area (Å²) in [7, 11) is 0. The van der Waals surface area contributed by atoms with E-state index in [1.54, 1.807) is 36.7 Å². The standard InChI is InChI=1S/2C7H10N2O/c2*1-2-10-6-3-4-9-7(8)5-6/h2*3-5H,2H2,1H3,(H2,8,9). The van der Waals surface area contributed by atoms with Gasteiger partial charge in [-0.15, -0.1) is 0 Å². The Balaban J connectivity index is 0.000000200. The first-order valence-electron chi connectivity index (χ1n) is 6.34. The van der Waals surface area contributed by atoms with Crippen LogP contribution in [0.1, 0.15) is 13.8 Å². The van der Waals surface area contributed by atoms with Gasteiger partial charge in [-0.3, -0.25) is 0 Å². The van der Waals surface area contributed by atoms with Gasteiger partial charge in [0, 0.05) is 24.5 Å². The second-order valence-electron chi connectivity index (χ2n) is 3.70. The molecular weight excluding hydrogens is 256 g/mol. The molecule has 2 aromatic heterocycles. The van der Waals surface area contributed by atoms with Gasteiger partial charge in [0.15, 0.2) is 0 Å². The van der Waals surface area contributed by atoms with Gasteiger partial charge in [-0.1, -0.05) is 0 Å². The predicted octanol–water partition coefficient (Wildman–Crippen LogP) is 2.12. The van der Waals surface area contributed by atoms with Crippen LogP contribution >= 0.6 is 0 Å². The highest BCUT2D eigenvalue weighted by Crippen LogP contribution is 2.11. The fraction of sp³-hybridized carbons (Fsp3) is 0.286. The van der Waals surface area contributed by atoms with Crippen molar-refractivity contribution in [2.24, 2.45) is 0 Å². The van der Waals surface area contributed by atoms with Crippen molar-refractivity contribution in [2.45, 2.75) is 13.8 Å². The van der Waals surface area contributed by atoms with E-state index in [9.17, 15) is 0 Å². The van der Waals surface area contributed by atoms with Gasteiger partial charge < -0.3 is 20.9 Å². The van der Waals surface area contributed by atoms with Crippen molar-refractivity contribution in [2.75, 3.05) is 24.7 Å². The summed E-state index contributed by atoms with van der Waals surface area (Å²) < 4.78 is 10.3. The number of hydrogen-bond donors (Lipinski definition) is 2. The Morgan fingerprint density at radius 1 is 0.850 bits per heavy atom. The van der Waals surface area contributed by atoms with E-state index in [4.69, 9.17) is 20.9 Å². The average Bonchev–Trinajstić information content (AvgIpc) is 2.40. The van der Waals surface area contributed by atoms with Gasteiger partial charge in [0.2, 0.25) is 0 Å². The summed E-state index contributed by atoms with van der Waals surface area (Å²) >= 11 is 0. The maximum absolute atomic E-state index is 5.40. The molecule has 0 saturated heterocycles. The zero-order valence-corrected chi connectivity index (χ0v) is 11.7. The molecule has 0 radical (unpaired) electrons. The molecule has 6 heteroatoms. The molecule has 108 valence electrons.